The summed E-state index contributed by atoms with van der Waals surface area (Å²) in [4.78, 5) is 13.3. The number of carboxylic acids is 1. The van der Waals surface area contributed by atoms with E-state index in [-0.39, 0.29) is 0 Å². The Morgan fingerprint density at radius 1 is 1.41 bits per heavy atom. The first kappa shape index (κ1) is 13.3. The molecular formula is C9H6F5NO2. The molecule has 0 bridgehead atoms. The van der Waals surface area contributed by atoms with Gasteiger partial charge in [-0.15, -0.1) is 0 Å². The predicted octanol–water partition coefficient (Wildman–Crippen LogP) is 3.04. The fourth-order valence-corrected chi connectivity index (χ4v) is 1.24. The number of rotatable bonds is 2. The van der Waals surface area contributed by atoms with Crippen molar-refractivity contribution in [1.82, 2.24) is 4.98 Å². The van der Waals surface area contributed by atoms with Crippen LogP contribution in [0, 0.1) is 6.92 Å². The fourth-order valence-electron chi connectivity index (χ4n) is 1.24. The molecule has 1 aromatic rings. The van der Waals surface area contributed by atoms with E-state index < -0.39 is 41.1 Å². The second kappa shape index (κ2) is 4.27. The maximum Gasteiger partial charge on any atom is 0.433 e. The lowest BCUT2D eigenvalue weighted by atomic mass is 10.1. The highest BCUT2D eigenvalue weighted by Gasteiger charge is 2.37. The fraction of sp³-hybridized carbons (Fsp3) is 0.333. The molecule has 0 aliphatic carbocycles. The van der Waals surface area contributed by atoms with Crippen molar-refractivity contribution < 1.29 is 31.9 Å². The highest BCUT2D eigenvalue weighted by atomic mass is 19.4. The smallest absolute Gasteiger partial charge is 0.433 e. The number of hydrogen-bond donors (Lipinski definition) is 1. The van der Waals surface area contributed by atoms with E-state index in [1.807, 2.05) is 0 Å². The summed E-state index contributed by atoms with van der Waals surface area (Å²) in [6.07, 6.45) is -8.17. The zero-order valence-corrected chi connectivity index (χ0v) is 8.35. The SMILES string of the molecule is Cc1c(C(F)F)cc(C(=O)O)nc1C(F)(F)F. The lowest BCUT2D eigenvalue weighted by Gasteiger charge is -2.13. The van der Waals surface area contributed by atoms with Crippen molar-refractivity contribution >= 4 is 5.97 Å². The summed E-state index contributed by atoms with van der Waals surface area (Å²) in [6, 6.07) is 0.442. The van der Waals surface area contributed by atoms with Crippen LogP contribution in [0.4, 0.5) is 22.0 Å². The van der Waals surface area contributed by atoms with Crippen LogP contribution in [0.5, 0.6) is 0 Å². The molecule has 1 aromatic heterocycles. The molecule has 0 aromatic carbocycles. The Bertz CT molecular complexity index is 455. The van der Waals surface area contributed by atoms with Gasteiger partial charge >= 0.3 is 12.1 Å². The molecule has 3 nitrogen and oxygen atoms in total. The molecule has 0 amide bonds. The standard InChI is InChI=1S/C9H6F5NO2/c1-3-4(7(10)11)2-5(8(16)17)15-6(3)9(12,13)14/h2,7H,1H3,(H,16,17). The normalized spacial score (nSPS) is 11.9. The van der Waals surface area contributed by atoms with Gasteiger partial charge in [0.25, 0.3) is 6.43 Å². The maximum atomic E-state index is 12.5. The third-order valence-electron chi connectivity index (χ3n) is 2.04. The summed E-state index contributed by atoms with van der Waals surface area (Å²) in [5.41, 5.74) is -4.41. The second-order valence-corrected chi connectivity index (χ2v) is 3.17. The average Bonchev–Trinajstić information content (AvgIpc) is 2.15. The van der Waals surface area contributed by atoms with Gasteiger partial charge in [0.1, 0.15) is 11.4 Å². The Hall–Kier alpha value is -1.73. The molecule has 0 saturated heterocycles. The number of hydrogen-bond acceptors (Lipinski definition) is 2. The lowest BCUT2D eigenvalue weighted by molar-refractivity contribution is -0.141. The number of carboxylic acid groups (broad SMARTS) is 1. The minimum Gasteiger partial charge on any atom is -0.477 e. The van der Waals surface area contributed by atoms with E-state index in [4.69, 9.17) is 5.11 Å². The van der Waals surface area contributed by atoms with Gasteiger partial charge in [0.05, 0.1) is 0 Å². The van der Waals surface area contributed by atoms with Gasteiger partial charge in [0.15, 0.2) is 0 Å². The summed E-state index contributed by atoms with van der Waals surface area (Å²) in [6.45, 7) is 0.822. The van der Waals surface area contributed by atoms with E-state index in [1.165, 1.54) is 0 Å². The molecule has 1 rings (SSSR count). The van der Waals surface area contributed by atoms with E-state index in [1.54, 1.807) is 0 Å². The first-order valence-corrected chi connectivity index (χ1v) is 4.24. The first-order valence-electron chi connectivity index (χ1n) is 4.24. The Morgan fingerprint density at radius 2 is 1.94 bits per heavy atom. The van der Waals surface area contributed by atoms with E-state index in [2.05, 4.69) is 4.98 Å². The monoisotopic (exact) mass is 255 g/mol. The zero-order chi connectivity index (χ0) is 13.4. The number of aromatic nitrogens is 1. The van der Waals surface area contributed by atoms with Crippen LogP contribution >= 0.6 is 0 Å². The van der Waals surface area contributed by atoms with Crippen molar-refractivity contribution in [1.29, 1.82) is 0 Å². The van der Waals surface area contributed by atoms with Crippen molar-refractivity contribution in [2.24, 2.45) is 0 Å². The van der Waals surface area contributed by atoms with Crippen LogP contribution in [0.1, 0.15) is 33.7 Å². The molecule has 0 aliphatic heterocycles. The molecule has 0 atom stereocenters. The van der Waals surface area contributed by atoms with Crippen molar-refractivity contribution in [2.45, 2.75) is 19.5 Å². The molecule has 8 heteroatoms. The molecular weight excluding hydrogens is 249 g/mol. The van der Waals surface area contributed by atoms with Gasteiger partial charge < -0.3 is 5.11 Å². The lowest BCUT2D eigenvalue weighted by Crippen LogP contribution is -2.16. The molecule has 0 spiro atoms. The summed E-state index contributed by atoms with van der Waals surface area (Å²) >= 11 is 0. The average molecular weight is 255 g/mol. The molecule has 1 N–H and O–H groups in total. The molecule has 0 unspecified atom stereocenters. The topological polar surface area (TPSA) is 50.2 Å². The van der Waals surface area contributed by atoms with Gasteiger partial charge in [-0.3, -0.25) is 0 Å². The number of halogens is 5. The zero-order valence-electron chi connectivity index (χ0n) is 8.35. The molecule has 1 heterocycles. The Morgan fingerprint density at radius 3 is 2.29 bits per heavy atom. The Balaban J connectivity index is 3.55. The maximum absolute atomic E-state index is 12.5. The summed E-state index contributed by atoms with van der Waals surface area (Å²) in [5.74, 6) is -1.79. The summed E-state index contributed by atoms with van der Waals surface area (Å²) in [5, 5.41) is 8.50. The van der Waals surface area contributed by atoms with Crippen LogP contribution in [-0.2, 0) is 6.18 Å². The van der Waals surface area contributed by atoms with Gasteiger partial charge in [0, 0.05) is 5.56 Å². The summed E-state index contributed by atoms with van der Waals surface area (Å²) < 4.78 is 62.2. The van der Waals surface area contributed by atoms with Crippen LogP contribution in [-0.4, -0.2) is 16.1 Å². The Kier molecular flexibility index (Phi) is 3.35. The highest BCUT2D eigenvalue weighted by Crippen LogP contribution is 2.34. The van der Waals surface area contributed by atoms with Gasteiger partial charge in [-0.2, -0.15) is 13.2 Å². The number of pyridine rings is 1. The van der Waals surface area contributed by atoms with Gasteiger partial charge in [0.2, 0.25) is 0 Å². The Labute approximate surface area is 91.9 Å². The van der Waals surface area contributed by atoms with E-state index in [0.717, 1.165) is 6.92 Å². The molecule has 0 fully saturated rings. The molecule has 0 radical (unpaired) electrons. The minimum absolute atomic E-state index is 0.442. The van der Waals surface area contributed by atoms with Crippen LogP contribution in [0.2, 0.25) is 0 Å². The first-order chi connectivity index (χ1) is 7.64. The van der Waals surface area contributed by atoms with Crippen molar-refractivity contribution in [2.75, 3.05) is 0 Å². The quantitative estimate of drug-likeness (QED) is 0.826. The largest absolute Gasteiger partial charge is 0.477 e. The number of aromatic carboxylic acids is 1. The van der Waals surface area contributed by atoms with Crippen LogP contribution in [0.25, 0.3) is 0 Å². The van der Waals surface area contributed by atoms with Gasteiger partial charge in [-0.25, -0.2) is 18.6 Å². The summed E-state index contributed by atoms with van der Waals surface area (Å²) in [7, 11) is 0. The highest BCUT2D eigenvalue weighted by molar-refractivity contribution is 5.85. The third-order valence-corrected chi connectivity index (χ3v) is 2.04. The van der Waals surface area contributed by atoms with Crippen molar-refractivity contribution in [3.63, 3.8) is 0 Å². The number of carbonyl (C=O) groups is 1. The van der Waals surface area contributed by atoms with E-state index >= 15 is 0 Å². The van der Waals surface area contributed by atoms with Crippen LogP contribution in [0.15, 0.2) is 6.07 Å². The van der Waals surface area contributed by atoms with E-state index in [0.29, 0.717) is 6.07 Å². The number of alkyl halides is 5. The molecule has 94 valence electrons. The number of nitrogens with zero attached hydrogens (tertiary/aromatic N) is 1. The van der Waals surface area contributed by atoms with Gasteiger partial charge in [-0.05, 0) is 18.6 Å². The van der Waals surface area contributed by atoms with Crippen LogP contribution < -0.4 is 0 Å². The van der Waals surface area contributed by atoms with E-state index in [9.17, 15) is 26.7 Å². The molecule has 17 heavy (non-hydrogen) atoms. The predicted molar refractivity (Wildman–Crippen MR) is 45.9 cm³/mol. The second-order valence-electron chi connectivity index (χ2n) is 3.17. The van der Waals surface area contributed by atoms with Crippen molar-refractivity contribution in [3.8, 4) is 0 Å². The minimum atomic E-state index is -4.97. The van der Waals surface area contributed by atoms with Crippen LogP contribution in [0.3, 0.4) is 0 Å². The van der Waals surface area contributed by atoms with Crippen molar-refractivity contribution in [3.05, 3.63) is 28.6 Å². The third kappa shape index (κ3) is 2.69. The molecule has 0 saturated carbocycles. The molecule has 0 aliphatic rings. The van der Waals surface area contributed by atoms with Gasteiger partial charge in [-0.1, -0.05) is 0 Å².